The molecule has 2 heterocycles. The highest BCUT2D eigenvalue weighted by Gasteiger charge is 2.37. The lowest BCUT2D eigenvalue weighted by Crippen LogP contribution is -2.48. The van der Waals surface area contributed by atoms with Gasteiger partial charge in [-0.3, -0.25) is 9.69 Å². The van der Waals surface area contributed by atoms with Gasteiger partial charge >= 0.3 is 0 Å². The highest BCUT2D eigenvalue weighted by molar-refractivity contribution is 6.33. The summed E-state index contributed by atoms with van der Waals surface area (Å²) in [5.74, 6) is 0.659. The van der Waals surface area contributed by atoms with Crippen molar-refractivity contribution in [3.05, 3.63) is 64.2 Å². The predicted octanol–water partition coefficient (Wildman–Crippen LogP) is 4.34. The number of anilines is 1. The highest BCUT2D eigenvalue weighted by atomic mass is 35.5. The zero-order valence-electron chi connectivity index (χ0n) is 16.2. The van der Waals surface area contributed by atoms with Gasteiger partial charge in [0.1, 0.15) is 5.72 Å². The molecule has 2 aliphatic heterocycles. The maximum atomic E-state index is 11.6. The number of hydrogen-bond donors (Lipinski definition) is 2. The van der Waals surface area contributed by atoms with E-state index >= 15 is 0 Å². The van der Waals surface area contributed by atoms with Gasteiger partial charge in [0.2, 0.25) is 5.91 Å². The third-order valence-electron chi connectivity index (χ3n) is 6.23. The molecule has 0 aromatic heterocycles. The molecule has 0 spiro atoms. The van der Waals surface area contributed by atoms with Crippen LogP contribution in [0.25, 0.3) is 0 Å². The first kappa shape index (κ1) is 19.4. The van der Waals surface area contributed by atoms with Crippen LogP contribution in [0.2, 0.25) is 5.02 Å². The fourth-order valence-electron chi connectivity index (χ4n) is 4.49. The van der Waals surface area contributed by atoms with Crippen molar-refractivity contribution >= 4 is 23.2 Å². The lowest BCUT2D eigenvalue weighted by molar-refractivity contribution is -0.116. The van der Waals surface area contributed by atoms with E-state index in [-0.39, 0.29) is 5.91 Å². The maximum absolute atomic E-state index is 11.6. The van der Waals surface area contributed by atoms with Crippen LogP contribution in [0.3, 0.4) is 0 Å². The summed E-state index contributed by atoms with van der Waals surface area (Å²) >= 11 is 6.68. The SMILES string of the molecule is CC(O)(c1ccc2c(c1Cl)CCC(=O)N2)N1CCC(Cc2ccccc2)CC1. The van der Waals surface area contributed by atoms with Crippen LogP contribution in [-0.2, 0) is 23.4 Å². The van der Waals surface area contributed by atoms with Crippen molar-refractivity contribution < 1.29 is 9.90 Å². The van der Waals surface area contributed by atoms with Crippen molar-refractivity contribution in [1.29, 1.82) is 0 Å². The van der Waals surface area contributed by atoms with Crippen LogP contribution in [-0.4, -0.2) is 29.0 Å². The number of fused-ring (bicyclic) bond motifs is 1. The van der Waals surface area contributed by atoms with E-state index < -0.39 is 5.72 Å². The minimum absolute atomic E-state index is 0.0172. The predicted molar refractivity (Wildman–Crippen MR) is 112 cm³/mol. The molecule has 4 nitrogen and oxygen atoms in total. The zero-order chi connectivity index (χ0) is 19.7. The number of halogens is 1. The molecule has 1 saturated heterocycles. The van der Waals surface area contributed by atoms with Crippen LogP contribution in [0.4, 0.5) is 5.69 Å². The molecule has 5 heteroatoms. The monoisotopic (exact) mass is 398 g/mol. The maximum Gasteiger partial charge on any atom is 0.224 e. The molecule has 28 heavy (non-hydrogen) atoms. The van der Waals surface area contributed by atoms with E-state index in [4.69, 9.17) is 11.6 Å². The Morgan fingerprint density at radius 3 is 2.57 bits per heavy atom. The van der Waals surface area contributed by atoms with E-state index in [1.807, 2.05) is 19.1 Å². The second-order valence-corrected chi connectivity index (χ2v) is 8.52. The standard InChI is InChI=1S/C23H27ClN2O2/c1-23(28,19-8-9-20-18(22(19)24)7-10-21(27)25-20)26-13-11-17(12-14-26)15-16-5-3-2-4-6-16/h2-6,8-9,17,28H,7,10-15H2,1H3,(H,25,27). The van der Waals surface area contributed by atoms with E-state index in [2.05, 4.69) is 40.5 Å². The molecule has 0 aliphatic carbocycles. The quantitative estimate of drug-likeness (QED) is 0.805. The fraction of sp³-hybridized carbons (Fsp3) is 0.435. The number of likely N-dealkylation sites (tertiary alicyclic amines) is 1. The smallest absolute Gasteiger partial charge is 0.224 e. The van der Waals surface area contributed by atoms with Crippen molar-refractivity contribution in [2.75, 3.05) is 18.4 Å². The van der Waals surface area contributed by atoms with Crippen molar-refractivity contribution in [1.82, 2.24) is 4.90 Å². The molecule has 0 bridgehead atoms. The number of carbonyl (C=O) groups is 1. The number of nitrogens with one attached hydrogen (secondary N) is 1. The van der Waals surface area contributed by atoms with E-state index in [1.165, 1.54) is 5.56 Å². The zero-order valence-corrected chi connectivity index (χ0v) is 17.0. The van der Waals surface area contributed by atoms with Gasteiger partial charge in [0.15, 0.2) is 0 Å². The summed E-state index contributed by atoms with van der Waals surface area (Å²) < 4.78 is 0. The van der Waals surface area contributed by atoms with Gasteiger partial charge < -0.3 is 10.4 Å². The Hall–Kier alpha value is -1.88. The Kier molecular flexibility index (Phi) is 5.46. The van der Waals surface area contributed by atoms with Gasteiger partial charge in [-0.1, -0.05) is 48.0 Å². The first-order chi connectivity index (χ1) is 13.4. The van der Waals surface area contributed by atoms with Crippen LogP contribution >= 0.6 is 11.6 Å². The van der Waals surface area contributed by atoms with Crippen molar-refractivity contribution in [3.8, 4) is 0 Å². The molecule has 1 amide bonds. The third-order valence-corrected chi connectivity index (χ3v) is 6.66. The Morgan fingerprint density at radius 2 is 1.86 bits per heavy atom. The average Bonchev–Trinajstić information content (AvgIpc) is 2.69. The van der Waals surface area contributed by atoms with E-state index in [9.17, 15) is 9.90 Å². The molecule has 148 valence electrons. The first-order valence-corrected chi connectivity index (χ1v) is 10.5. The van der Waals surface area contributed by atoms with Gasteiger partial charge in [-0.2, -0.15) is 0 Å². The van der Waals surface area contributed by atoms with Gasteiger partial charge in [-0.05, 0) is 55.7 Å². The lowest BCUT2D eigenvalue weighted by atomic mass is 9.88. The van der Waals surface area contributed by atoms with Crippen molar-refractivity contribution in [3.63, 3.8) is 0 Å². The van der Waals surface area contributed by atoms with Gasteiger partial charge in [0, 0.05) is 30.8 Å². The first-order valence-electron chi connectivity index (χ1n) is 10.1. The Balaban J connectivity index is 1.47. The molecule has 2 aromatic carbocycles. The molecular weight excluding hydrogens is 372 g/mol. The topological polar surface area (TPSA) is 52.6 Å². The number of amides is 1. The summed E-state index contributed by atoms with van der Waals surface area (Å²) in [6.45, 7) is 3.52. The summed E-state index contributed by atoms with van der Waals surface area (Å²) in [5.41, 5.74) is 2.68. The van der Waals surface area contributed by atoms with Gasteiger partial charge in [0.05, 0.1) is 5.02 Å². The molecule has 2 aromatic rings. The molecule has 4 rings (SSSR count). The molecule has 0 saturated carbocycles. The number of aliphatic hydroxyl groups is 1. The summed E-state index contributed by atoms with van der Waals surface area (Å²) in [6.07, 6.45) is 4.26. The summed E-state index contributed by atoms with van der Waals surface area (Å²) in [7, 11) is 0. The fourth-order valence-corrected chi connectivity index (χ4v) is 4.93. The van der Waals surface area contributed by atoms with Crippen molar-refractivity contribution in [2.45, 2.75) is 44.8 Å². The average molecular weight is 399 g/mol. The summed E-state index contributed by atoms with van der Waals surface area (Å²) in [6, 6.07) is 14.3. The second kappa shape index (κ2) is 7.86. The van der Waals surface area contributed by atoms with E-state index in [1.54, 1.807) is 0 Å². The summed E-state index contributed by atoms with van der Waals surface area (Å²) in [5, 5.41) is 14.8. The van der Waals surface area contributed by atoms with Crippen molar-refractivity contribution in [2.24, 2.45) is 5.92 Å². The Bertz CT molecular complexity index is 858. The Labute approximate surface area is 171 Å². The summed E-state index contributed by atoms with van der Waals surface area (Å²) in [4.78, 5) is 13.7. The van der Waals surface area contributed by atoms with Gasteiger partial charge in [-0.25, -0.2) is 0 Å². The minimum atomic E-state index is -1.12. The minimum Gasteiger partial charge on any atom is -0.372 e. The number of rotatable bonds is 4. The van der Waals surface area contributed by atoms with Crippen LogP contribution in [0.15, 0.2) is 42.5 Å². The number of piperidine rings is 1. The molecule has 1 fully saturated rings. The second-order valence-electron chi connectivity index (χ2n) is 8.14. The third kappa shape index (κ3) is 3.82. The number of nitrogens with zero attached hydrogens (tertiary/aromatic N) is 1. The molecule has 1 atom stereocenters. The molecule has 2 aliphatic rings. The molecular formula is C23H27ClN2O2. The lowest BCUT2D eigenvalue weighted by Gasteiger charge is -2.42. The highest BCUT2D eigenvalue weighted by Crippen LogP contribution is 2.40. The number of benzene rings is 2. The largest absolute Gasteiger partial charge is 0.372 e. The van der Waals surface area contributed by atoms with Crippen LogP contribution < -0.4 is 5.32 Å². The number of carbonyl (C=O) groups excluding carboxylic acids is 1. The van der Waals surface area contributed by atoms with Gasteiger partial charge in [0.25, 0.3) is 0 Å². The Morgan fingerprint density at radius 1 is 1.14 bits per heavy atom. The molecule has 1 unspecified atom stereocenters. The van der Waals surface area contributed by atoms with Crippen LogP contribution in [0.1, 0.15) is 42.9 Å². The van der Waals surface area contributed by atoms with E-state index in [0.717, 1.165) is 49.2 Å². The van der Waals surface area contributed by atoms with E-state index in [0.29, 0.717) is 23.8 Å². The van der Waals surface area contributed by atoms with Crippen LogP contribution in [0, 0.1) is 5.92 Å². The normalized spacial score (nSPS) is 20.3. The van der Waals surface area contributed by atoms with Gasteiger partial charge in [-0.15, -0.1) is 0 Å². The number of hydrogen-bond acceptors (Lipinski definition) is 3. The molecule has 0 radical (unpaired) electrons. The van der Waals surface area contributed by atoms with Crippen LogP contribution in [0.5, 0.6) is 0 Å². The molecule has 2 N–H and O–H groups in total.